The lowest BCUT2D eigenvalue weighted by molar-refractivity contribution is -0.179. The molecule has 0 aromatic heterocycles. The standard InChI is InChI=1S/C29H50O2/c1-20(2)8-7-9-21(3)24-10-11-25-23-13-15-27(4)18-22(31-19-30)12-17-29(27,6)26(23)14-16-28(24,25)5/h19-26H,7-18H2,1-6H3/t21-,22?,23+,24-,25+,26+,27-,28-,29-/m1/s1. The number of carbonyl (C=O) groups is 1. The third-order valence-corrected chi connectivity index (χ3v) is 11.8. The van der Waals surface area contributed by atoms with Crippen molar-refractivity contribution >= 4 is 6.47 Å². The molecule has 4 fully saturated rings. The minimum atomic E-state index is 0.156. The van der Waals surface area contributed by atoms with Crippen molar-refractivity contribution in [3.8, 4) is 0 Å². The van der Waals surface area contributed by atoms with E-state index < -0.39 is 0 Å². The Kier molecular flexibility index (Phi) is 6.61. The molecule has 31 heavy (non-hydrogen) atoms. The van der Waals surface area contributed by atoms with Crippen molar-refractivity contribution in [1.29, 1.82) is 0 Å². The Bertz CT molecular complexity index is 643. The predicted octanol–water partition coefficient (Wildman–Crippen LogP) is 8.04. The van der Waals surface area contributed by atoms with Crippen molar-refractivity contribution in [3.05, 3.63) is 0 Å². The summed E-state index contributed by atoms with van der Waals surface area (Å²) in [4.78, 5) is 11.0. The highest BCUT2D eigenvalue weighted by molar-refractivity contribution is 5.37. The summed E-state index contributed by atoms with van der Waals surface area (Å²) < 4.78 is 5.47. The summed E-state index contributed by atoms with van der Waals surface area (Å²) in [6.45, 7) is 15.9. The van der Waals surface area contributed by atoms with Crippen molar-refractivity contribution in [2.24, 2.45) is 51.8 Å². The minimum absolute atomic E-state index is 0.156. The summed E-state index contributed by atoms with van der Waals surface area (Å²) in [5.74, 6) is 5.46. The first kappa shape index (κ1) is 23.6. The number of ether oxygens (including phenoxy) is 1. The molecule has 0 aromatic rings. The van der Waals surface area contributed by atoms with Crippen LogP contribution in [0, 0.1) is 51.8 Å². The molecule has 2 nitrogen and oxygen atoms in total. The summed E-state index contributed by atoms with van der Waals surface area (Å²) in [5, 5.41) is 0. The zero-order valence-electron chi connectivity index (χ0n) is 21.4. The summed E-state index contributed by atoms with van der Waals surface area (Å²) in [7, 11) is 0. The molecule has 0 bridgehead atoms. The van der Waals surface area contributed by atoms with Gasteiger partial charge in [-0.25, -0.2) is 0 Å². The van der Waals surface area contributed by atoms with E-state index in [9.17, 15) is 4.79 Å². The zero-order chi connectivity index (χ0) is 22.4. The molecule has 0 spiro atoms. The number of fused-ring (bicyclic) bond motifs is 5. The lowest BCUT2D eigenvalue weighted by Crippen LogP contribution is -2.58. The molecule has 0 saturated heterocycles. The van der Waals surface area contributed by atoms with Crippen LogP contribution in [0.1, 0.15) is 119 Å². The Morgan fingerprint density at radius 3 is 2.39 bits per heavy atom. The van der Waals surface area contributed by atoms with E-state index in [1.807, 2.05) is 0 Å². The molecule has 0 heterocycles. The van der Waals surface area contributed by atoms with E-state index in [-0.39, 0.29) is 6.10 Å². The fourth-order valence-corrected chi connectivity index (χ4v) is 9.81. The molecule has 9 atom stereocenters. The van der Waals surface area contributed by atoms with E-state index in [2.05, 4.69) is 41.5 Å². The van der Waals surface area contributed by atoms with Crippen LogP contribution in [-0.2, 0) is 9.53 Å². The van der Waals surface area contributed by atoms with E-state index in [1.54, 1.807) is 0 Å². The molecule has 0 amide bonds. The summed E-state index contributed by atoms with van der Waals surface area (Å²) in [5.41, 5.74) is 1.36. The monoisotopic (exact) mass is 430 g/mol. The van der Waals surface area contributed by atoms with Gasteiger partial charge in [-0.3, -0.25) is 4.79 Å². The maximum absolute atomic E-state index is 11.0. The van der Waals surface area contributed by atoms with Gasteiger partial charge in [-0.15, -0.1) is 0 Å². The smallest absolute Gasteiger partial charge is 0.293 e. The Hall–Kier alpha value is -0.530. The second kappa shape index (κ2) is 8.68. The average molecular weight is 431 g/mol. The van der Waals surface area contributed by atoms with Gasteiger partial charge in [-0.05, 0) is 110 Å². The predicted molar refractivity (Wildman–Crippen MR) is 129 cm³/mol. The largest absolute Gasteiger partial charge is 0.465 e. The maximum atomic E-state index is 11.0. The van der Waals surface area contributed by atoms with E-state index >= 15 is 0 Å². The molecule has 0 aliphatic heterocycles. The van der Waals surface area contributed by atoms with Gasteiger partial charge in [0.15, 0.2) is 0 Å². The second-order valence-electron chi connectivity index (χ2n) is 13.5. The molecule has 178 valence electrons. The van der Waals surface area contributed by atoms with Crippen LogP contribution in [0.25, 0.3) is 0 Å². The Morgan fingerprint density at radius 2 is 1.68 bits per heavy atom. The van der Waals surface area contributed by atoms with E-state index in [4.69, 9.17) is 4.74 Å². The lowest BCUT2D eigenvalue weighted by Gasteiger charge is -2.65. The molecule has 2 heteroatoms. The lowest BCUT2D eigenvalue weighted by atomic mass is 9.40. The van der Waals surface area contributed by atoms with Crippen LogP contribution in [0.3, 0.4) is 0 Å². The highest BCUT2D eigenvalue weighted by Crippen LogP contribution is 2.71. The van der Waals surface area contributed by atoms with Gasteiger partial charge in [0.2, 0.25) is 0 Å². The van der Waals surface area contributed by atoms with E-state index in [0.29, 0.717) is 22.7 Å². The minimum Gasteiger partial charge on any atom is -0.465 e. The van der Waals surface area contributed by atoms with Gasteiger partial charge in [0, 0.05) is 0 Å². The first-order valence-electron chi connectivity index (χ1n) is 13.7. The summed E-state index contributed by atoms with van der Waals surface area (Å²) in [6.07, 6.45) is 16.4. The number of rotatable bonds is 7. The van der Waals surface area contributed by atoms with Crippen molar-refractivity contribution < 1.29 is 9.53 Å². The molecular weight excluding hydrogens is 380 g/mol. The topological polar surface area (TPSA) is 26.3 Å². The molecule has 1 unspecified atom stereocenters. The van der Waals surface area contributed by atoms with Crippen molar-refractivity contribution in [3.63, 3.8) is 0 Å². The molecule has 4 saturated carbocycles. The SMILES string of the molecule is CC(C)CCC[C@@H](C)[C@H]1CC[C@H]2[C@@H]3CC[C@]4(C)CC(OC=O)CC[C@]4(C)[C@H]3CC[C@]12C. The Morgan fingerprint density at radius 1 is 0.903 bits per heavy atom. The fraction of sp³-hybridized carbons (Fsp3) is 0.966. The molecule has 0 aromatic carbocycles. The molecule has 4 aliphatic carbocycles. The average Bonchev–Trinajstić information content (AvgIpc) is 3.06. The van der Waals surface area contributed by atoms with Gasteiger partial charge in [-0.1, -0.05) is 60.8 Å². The first-order valence-corrected chi connectivity index (χ1v) is 13.7. The van der Waals surface area contributed by atoms with Gasteiger partial charge < -0.3 is 4.74 Å². The van der Waals surface area contributed by atoms with Crippen molar-refractivity contribution in [1.82, 2.24) is 0 Å². The van der Waals surface area contributed by atoms with Gasteiger partial charge >= 0.3 is 0 Å². The van der Waals surface area contributed by atoms with E-state index in [1.165, 1.54) is 64.2 Å². The quantitative estimate of drug-likeness (QED) is 0.382. The molecule has 0 N–H and O–H groups in total. The third-order valence-electron chi connectivity index (χ3n) is 11.8. The Balaban J connectivity index is 1.48. The van der Waals surface area contributed by atoms with Crippen LogP contribution in [-0.4, -0.2) is 12.6 Å². The summed E-state index contributed by atoms with van der Waals surface area (Å²) >= 11 is 0. The van der Waals surface area contributed by atoms with Gasteiger partial charge in [0.25, 0.3) is 6.47 Å². The maximum Gasteiger partial charge on any atom is 0.293 e. The fourth-order valence-electron chi connectivity index (χ4n) is 9.81. The Labute approximate surface area is 192 Å². The number of hydrogen-bond acceptors (Lipinski definition) is 2. The molecule has 4 rings (SSSR count). The van der Waals surface area contributed by atoms with Crippen LogP contribution in [0.5, 0.6) is 0 Å². The van der Waals surface area contributed by atoms with Crippen LogP contribution < -0.4 is 0 Å². The first-order chi connectivity index (χ1) is 14.6. The number of hydrogen-bond donors (Lipinski definition) is 0. The van der Waals surface area contributed by atoms with Gasteiger partial charge in [-0.2, -0.15) is 0 Å². The number of carbonyl (C=O) groups excluding carboxylic acids is 1. The molecular formula is C29H50O2. The van der Waals surface area contributed by atoms with Crippen LogP contribution in [0.2, 0.25) is 0 Å². The van der Waals surface area contributed by atoms with Gasteiger partial charge in [0.1, 0.15) is 6.10 Å². The van der Waals surface area contributed by atoms with Crippen LogP contribution in [0.15, 0.2) is 0 Å². The highest BCUT2D eigenvalue weighted by atomic mass is 16.5. The van der Waals surface area contributed by atoms with Crippen molar-refractivity contribution in [2.45, 2.75) is 125 Å². The van der Waals surface area contributed by atoms with Gasteiger partial charge in [0.05, 0.1) is 0 Å². The zero-order valence-corrected chi connectivity index (χ0v) is 21.4. The molecule has 0 radical (unpaired) electrons. The van der Waals surface area contributed by atoms with Crippen LogP contribution >= 0.6 is 0 Å². The third kappa shape index (κ3) is 3.90. The van der Waals surface area contributed by atoms with E-state index in [0.717, 1.165) is 48.3 Å². The van der Waals surface area contributed by atoms with Crippen LogP contribution in [0.4, 0.5) is 0 Å². The molecule has 4 aliphatic rings. The summed E-state index contributed by atoms with van der Waals surface area (Å²) in [6, 6.07) is 0. The normalized spacial score (nSPS) is 47.9. The highest BCUT2D eigenvalue weighted by Gasteiger charge is 2.63. The second-order valence-corrected chi connectivity index (χ2v) is 13.5. The van der Waals surface area contributed by atoms with Crippen molar-refractivity contribution in [2.75, 3.05) is 0 Å².